The third kappa shape index (κ3) is 5.06. The van der Waals surface area contributed by atoms with Crippen LogP contribution in [0.5, 0.6) is 0 Å². The minimum absolute atomic E-state index is 0.00510. The lowest BCUT2D eigenvalue weighted by Crippen LogP contribution is -2.52. The quantitative estimate of drug-likeness (QED) is 0.280. The fourth-order valence-electron chi connectivity index (χ4n) is 4.93. The van der Waals surface area contributed by atoms with E-state index < -0.39 is 35.1 Å². The van der Waals surface area contributed by atoms with Crippen molar-refractivity contribution < 1.29 is 27.2 Å². The maximum atomic E-state index is 14.6. The van der Waals surface area contributed by atoms with Crippen molar-refractivity contribution in [2.24, 2.45) is 0 Å². The molecular formula is C26H23ClF4N4O2S. The van der Waals surface area contributed by atoms with Crippen molar-refractivity contribution in [1.82, 2.24) is 19.6 Å². The summed E-state index contributed by atoms with van der Waals surface area (Å²) in [6.45, 7) is 2.37. The van der Waals surface area contributed by atoms with E-state index in [1.54, 1.807) is 38.2 Å². The number of fused-ring (bicyclic) bond motifs is 1. The number of aryl methyl sites for hydroxylation is 1. The van der Waals surface area contributed by atoms with Crippen LogP contribution < -0.4 is 0 Å². The molecule has 0 saturated carbocycles. The predicted octanol–water partition coefficient (Wildman–Crippen LogP) is 6.14. The third-order valence-electron chi connectivity index (χ3n) is 6.82. The second-order valence-electron chi connectivity index (χ2n) is 9.50. The minimum Gasteiger partial charge on any atom is -0.303 e. The number of alkyl halides is 4. The Hall–Kier alpha value is -2.89. The molecule has 2 aliphatic heterocycles. The zero-order valence-corrected chi connectivity index (χ0v) is 22.0. The zero-order chi connectivity index (χ0) is 27.4. The van der Waals surface area contributed by atoms with Crippen LogP contribution in [0.1, 0.15) is 28.8 Å². The van der Waals surface area contributed by atoms with E-state index in [1.165, 1.54) is 16.8 Å². The first-order valence-corrected chi connectivity index (χ1v) is 13.0. The van der Waals surface area contributed by atoms with Gasteiger partial charge in [-0.3, -0.25) is 19.2 Å². The summed E-state index contributed by atoms with van der Waals surface area (Å²) in [4.78, 5) is 28.7. The summed E-state index contributed by atoms with van der Waals surface area (Å²) in [6.07, 6.45) is -3.93. The summed E-state index contributed by atoms with van der Waals surface area (Å²) in [5.41, 5.74) is 1.04. The fraction of sp³-hybridized carbons (Fsp3) is 0.346. The van der Waals surface area contributed by atoms with E-state index in [0.717, 1.165) is 22.7 Å². The lowest BCUT2D eigenvalue weighted by Gasteiger charge is -2.36. The Morgan fingerprint density at radius 3 is 2.66 bits per heavy atom. The third-order valence-corrected chi connectivity index (χ3v) is 7.94. The van der Waals surface area contributed by atoms with Gasteiger partial charge in [-0.1, -0.05) is 23.7 Å². The Kier molecular flexibility index (Phi) is 7.04. The van der Waals surface area contributed by atoms with Gasteiger partial charge < -0.3 is 4.90 Å². The van der Waals surface area contributed by atoms with Gasteiger partial charge in [0.05, 0.1) is 34.3 Å². The Morgan fingerprint density at radius 1 is 1.18 bits per heavy atom. The number of hydrogen-bond donors (Lipinski definition) is 0. The highest BCUT2D eigenvalue weighted by atomic mass is 35.5. The average Bonchev–Trinajstić information content (AvgIpc) is 3.29. The van der Waals surface area contributed by atoms with Crippen molar-refractivity contribution in [3.8, 4) is 0 Å². The molecule has 0 bridgehead atoms. The van der Waals surface area contributed by atoms with Gasteiger partial charge in [0.25, 0.3) is 11.1 Å². The number of amides is 2. The Bertz CT molecular complexity index is 1470. The number of nitrogens with zero attached hydrogens (tertiary/aromatic N) is 4. The number of halogens is 5. The minimum atomic E-state index is -4.57. The van der Waals surface area contributed by atoms with E-state index in [9.17, 15) is 27.2 Å². The molecule has 2 aliphatic rings. The van der Waals surface area contributed by atoms with Crippen LogP contribution in [0.15, 0.2) is 41.3 Å². The van der Waals surface area contributed by atoms with Crippen molar-refractivity contribution >= 4 is 51.5 Å². The summed E-state index contributed by atoms with van der Waals surface area (Å²) in [7, 11) is 1.79. The monoisotopic (exact) mass is 566 g/mol. The van der Waals surface area contributed by atoms with Gasteiger partial charge in [0.1, 0.15) is 6.17 Å². The highest BCUT2D eigenvalue weighted by molar-refractivity contribution is 8.18. The van der Waals surface area contributed by atoms with E-state index in [1.807, 2.05) is 4.90 Å². The summed E-state index contributed by atoms with van der Waals surface area (Å²) < 4.78 is 56.8. The first kappa shape index (κ1) is 26.7. The van der Waals surface area contributed by atoms with Crippen molar-refractivity contribution in [2.45, 2.75) is 38.3 Å². The molecule has 38 heavy (non-hydrogen) atoms. The molecular weight excluding hydrogens is 544 g/mol. The molecule has 2 saturated heterocycles. The van der Waals surface area contributed by atoms with Crippen molar-refractivity contribution in [2.75, 3.05) is 20.1 Å². The van der Waals surface area contributed by atoms with Crippen molar-refractivity contribution in [1.29, 1.82) is 0 Å². The number of carbonyl (C=O) groups excluding carboxylic acids is 2. The first-order chi connectivity index (χ1) is 17.9. The second-order valence-corrected chi connectivity index (χ2v) is 10.9. The molecule has 2 aromatic carbocycles. The lowest BCUT2D eigenvalue weighted by molar-refractivity contribution is -0.138. The number of aromatic nitrogens is 2. The van der Waals surface area contributed by atoms with Gasteiger partial charge in [0.2, 0.25) is 0 Å². The maximum absolute atomic E-state index is 14.6. The van der Waals surface area contributed by atoms with Gasteiger partial charge in [-0.2, -0.15) is 18.3 Å². The van der Waals surface area contributed by atoms with Gasteiger partial charge in [0.15, 0.2) is 0 Å². The molecule has 3 heterocycles. The smallest absolute Gasteiger partial charge is 0.303 e. The number of piperidine rings is 1. The van der Waals surface area contributed by atoms with Crippen molar-refractivity contribution in [3.05, 3.63) is 68.7 Å². The zero-order valence-electron chi connectivity index (χ0n) is 20.4. The number of carbonyl (C=O) groups is 2. The van der Waals surface area contributed by atoms with E-state index in [-0.39, 0.29) is 28.6 Å². The van der Waals surface area contributed by atoms with Crippen LogP contribution >= 0.6 is 23.4 Å². The molecule has 5 rings (SSSR count). The van der Waals surface area contributed by atoms with Gasteiger partial charge in [-0.25, -0.2) is 4.39 Å². The average molecular weight is 567 g/mol. The van der Waals surface area contributed by atoms with Gasteiger partial charge in [0, 0.05) is 23.5 Å². The number of hydrogen-bond acceptors (Lipinski definition) is 5. The summed E-state index contributed by atoms with van der Waals surface area (Å²) in [6, 6.07) is 8.04. The SMILES string of the molecule is Cc1nn(Cc2ccc(Cl)cc2C(F)(F)F)c2ccc(C=C3SC(=O)N(C4CCN(C)CC4F)C3=O)cc12. The molecule has 0 spiro atoms. The van der Waals surface area contributed by atoms with Gasteiger partial charge in [-0.05, 0) is 73.6 Å². The number of benzene rings is 2. The standard InChI is InChI=1S/C26H23ClF4N4O2S/c1-14-18-9-15(10-23-24(36)35(25(37)38-23)22-7-8-33(2)13-20(22)28)3-6-21(18)34(32-14)12-16-4-5-17(27)11-19(16)26(29,30)31/h3-6,9-11,20,22H,7-8,12-13H2,1-2H3. The number of imide groups is 1. The summed E-state index contributed by atoms with van der Waals surface area (Å²) in [5, 5.41) is 4.63. The molecule has 1 aromatic heterocycles. The largest absolute Gasteiger partial charge is 0.416 e. The number of rotatable bonds is 4. The van der Waals surface area contributed by atoms with Gasteiger partial charge in [-0.15, -0.1) is 0 Å². The van der Waals surface area contributed by atoms with Crippen LogP contribution in [-0.4, -0.2) is 63.1 Å². The lowest BCUT2D eigenvalue weighted by atomic mass is 10.0. The maximum Gasteiger partial charge on any atom is 0.416 e. The molecule has 200 valence electrons. The fourth-order valence-corrected chi connectivity index (χ4v) is 5.99. The van der Waals surface area contributed by atoms with Crippen LogP contribution in [-0.2, 0) is 17.5 Å². The normalized spacial score (nSPS) is 22.3. The summed E-state index contributed by atoms with van der Waals surface area (Å²) in [5.74, 6) is -0.521. The first-order valence-electron chi connectivity index (χ1n) is 11.8. The summed E-state index contributed by atoms with van der Waals surface area (Å²) >= 11 is 6.57. The molecule has 2 atom stereocenters. The molecule has 12 heteroatoms. The Labute approximate surface area is 225 Å². The Morgan fingerprint density at radius 2 is 1.95 bits per heavy atom. The Balaban J connectivity index is 1.42. The van der Waals surface area contributed by atoms with Gasteiger partial charge >= 0.3 is 6.18 Å². The molecule has 0 N–H and O–H groups in total. The van der Waals surface area contributed by atoms with Crippen LogP contribution in [0.2, 0.25) is 5.02 Å². The molecule has 0 radical (unpaired) electrons. The van der Waals surface area contributed by atoms with Crippen LogP contribution in [0, 0.1) is 6.92 Å². The van der Waals surface area contributed by atoms with E-state index >= 15 is 0 Å². The van der Waals surface area contributed by atoms with Crippen LogP contribution in [0.4, 0.5) is 22.4 Å². The topological polar surface area (TPSA) is 58.4 Å². The molecule has 2 fully saturated rings. The molecule has 6 nitrogen and oxygen atoms in total. The van der Waals surface area contributed by atoms with E-state index in [2.05, 4.69) is 5.10 Å². The van der Waals surface area contributed by atoms with Crippen LogP contribution in [0.3, 0.4) is 0 Å². The highest BCUT2D eigenvalue weighted by Gasteiger charge is 2.44. The predicted molar refractivity (Wildman–Crippen MR) is 139 cm³/mol. The number of likely N-dealkylation sites (tertiary alicyclic amines) is 1. The van der Waals surface area contributed by atoms with E-state index in [4.69, 9.17) is 11.6 Å². The molecule has 3 aromatic rings. The van der Waals surface area contributed by atoms with E-state index in [0.29, 0.717) is 35.1 Å². The second kappa shape index (κ2) is 10.0. The number of thioether (sulfide) groups is 1. The highest BCUT2D eigenvalue weighted by Crippen LogP contribution is 2.37. The van der Waals surface area contributed by atoms with Crippen LogP contribution in [0.25, 0.3) is 17.0 Å². The molecule has 2 unspecified atom stereocenters. The van der Waals surface area contributed by atoms with Crippen molar-refractivity contribution in [3.63, 3.8) is 0 Å². The molecule has 2 amide bonds. The molecule has 0 aliphatic carbocycles.